The molecule has 0 amide bonds. The first-order valence-corrected chi connectivity index (χ1v) is 5.91. The van der Waals surface area contributed by atoms with Gasteiger partial charge in [0.1, 0.15) is 0 Å². The molecule has 6 nitrogen and oxygen atoms in total. The molecule has 0 aromatic carbocycles. The van der Waals surface area contributed by atoms with Gasteiger partial charge in [-0.15, -0.1) is 0 Å². The van der Waals surface area contributed by atoms with Gasteiger partial charge in [-0.25, -0.2) is 0 Å². The molecule has 0 rings (SSSR count). The number of aliphatic carboxylic acids is 3. The van der Waals surface area contributed by atoms with Crippen LogP contribution in [0.1, 0.15) is 59.3 Å². The third kappa shape index (κ3) is 57.1. The van der Waals surface area contributed by atoms with Crippen LogP contribution in [0.25, 0.3) is 0 Å². The number of carboxylic acids is 3. The van der Waals surface area contributed by atoms with Crippen LogP contribution in [0.5, 0.6) is 0 Å². The van der Waals surface area contributed by atoms with Gasteiger partial charge in [0.2, 0.25) is 0 Å². The Labute approximate surface area is 152 Å². The summed E-state index contributed by atoms with van der Waals surface area (Å²) in [7, 11) is 0. The van der Waals surface area contributed by atoms with Crippen molar-refractivity contribution in [2.45, 2.75) is 59.3 Å². The van der Waals surface area contributed by atoms with Crippen LogP contribution in [0, 0.1) is 46.9 Å². The van der Waals surface area contributed by atoms with Gasteiger partial charge >= 0.3 is 46.9 Å². The van der Waals surface area contributed by atoms with Crippen LogP contribution in [0.4, 0.5) is 0 Å². The third-order valence-corrected chi connectivity index (χ3v) is 1.36. The number of carbonyl (C=O) groups excluding carboxylic acids is 3. The topological polar surface area (TPSA) is 120 Å². The molecule has 0 aromatic rings. The predicted octanol–water partition coefficient (Wildman–Crippen LogP) is -1.39. The van der Waals surface area contributed by atoms with Crippen molar-refractivity contribution < 1.29 is 76.6 Å². The molecule has 7 heteroatoms. The maximum atomic E-state index is 9.49. The van der Waals surface area contributed by atoms with Crippen molar-refractivity contribution >= 4 is 17.9 Å². The fourth-order valence-electron chi connectivity index (χ4n) is 0.612. The quantitative estimate of drug-likeness (QED) is 0.508. The Morgan fingerprint density at radius 1 is 0.632 bits per heavy atom. The van der Waals surface area contributed by atoms with E-state index < -0.39 is 17.9 Å². The minimum Gasteiger partial charge on any atom is -0.550 e. The van der Waals surface area contributed by atoms with Gasteiger partial charge in [0.15, 0.2) is 0 Å². The van der Waals surface area contributed by atoms with Crippen LogP contribution >= 0.6 is 0 Å². The fourth-order valence-corrected chi connectivity index (χ4v) is 0.612. The molecular formula is C12H21O6Yb. The third-order valence-electron chi connectivity index (χ3n) is 1.36. The van der Waals surface area contributed by atoms with E-state index in [2.05, 4.69) is 0 Å². The van der Waals surface area contributed by atoms with Crippen LogP contribution in [0.15, 0.2) is 0 Å². The first-order valence-electron chi connectivity index (χ1n) is 5.91. The number of hydrogen-bond donors (Lipinski definition) is 0. The molecule has 0 aliphatic heterocycles. The summed E-state index contributed by atoms with van der Waals surface area (Å²) < 4.78 is 0. The van der Waals surface area contributed by atoms with Crippen LogP contribution in [0.3, 0.4) is 0 Å². The van der Waals surface area contributed by atoms with Crippen molar-refractivity contribution in [2.24, 2.45) is 0 Å². The van der Waals surface area contributed by atoms with Gasteiger partial charge < -0.3 is 29.7 Å². The summed E-state index contributed by atoms with van der Waals surface area (Å²) in [5.74, 6) is -2.88. The van der Waals surface area contributed by atoms with E-state index in [-0.39, 0.29) is 66.2 Å². The maximum absolute atomic E-state index is 9.49. The first-order chi connectivity index (χ1) is 8.31. The molecule has 0 saturated carbocycles. The van der Waals surface area contributed by atoms with E-state index in [0.717, 1.165) is 0 Å². The minimum absolute atomic E-state index is 0. The monoisotopic (exact) mass is 435 g/mol. The Morgan fingerprint density at radius 3 is 0.789 bits per heavy atom. The Balaban J connectivity index is -0.0000000865. The van der Waals surface area contributed by atoms with Gasteiger partial charge in [-0.05, 0) is 19.3 Å². The summed E-state index contributed by atoms with van der Waals surface area (Å²) in [5.41, 5.74) is 0. The normalized spacial score (nSPS) is 7.74. The maximum Gasteiger partial charge on any atom is 3.00 e. The van der Waals surface area contributed by atoms with Gasteiger partial charge in [-0.2, -0.15) is 0 Å². The molecule has 0 bridgehead atoms. The van der Waals surface area contributed by atoms with Gasteiger partial charge in [-0.3, -0.25) is 0 Å². The van der Waals surface area contributed by atoms with Crippen molar-refractivity contribution in [1.29, 1.82) is 0 Å². The van der Waals surface area contributed by atoms with E-state index in [1.54, 1.807) is 20.8 Å². The fraction of sp³-hybridized carbons (Fsp3) is 0.750. The zero-order chi connectivity index (χ0) is 15.0. The average Bonchev–Trinajstić information content (AvgIpc) is 2.18. The molecule has 0 atom stereocenters. The van der Waals surface area contributed by atoms with Crippen LogP contribution in [0.2, 0.25) is 0 Å². The van der Waals surface area contributed by atoms with Gasteiger partial charge in [0.05, 0.1) is 0 Å². The predicted molar refractivity (Wildman–Crippen MR) is 59.7 cm³/mol. The van der Waals surface area contributed by atoms with E-state index >= 15 is 0 Å². The zero-order valence-corrected chi connectivity index (χ0v) is 13.2. The molecule has 0 heterocycles. The number of rotatable bonds is 6. The van der Waals surface area contributed by atoms with E-state index in [1.165, 1.54) is 0 Å². The number of carboxylic acid groups (broad SMARTS) is 3. The molecule has 0 N–H and O–H groups in total. The van der Waals surface area contributed by atoms with Crippen molar-refractivity contribution in [1.82, 2.24) is 0 Å². The van der Waals surface area contributed by atoms with E-state index in [0.29, 0.717) is 19.3 Å². The molecule has 0 aliphatic rings. The van der Waals surface area contributed by atoms with Crippen LogP contribution < -0.4 is 15.3 Å². The standard InChI is InChI=1S/3C4H8O2.Yb/c3*1-2-3-4(5)6;/h3*2-3H2,1H3,(H,5,6);/q;;;+3/p-3. The first kappa shape index (κ1) is 27.3. The molecule has 0 unspecified atom stereocenters. The molecule has 19 heavy (non-hydrogen) atoms. The molecular weight excluding hydrogens is 413 g/mol. The molecule has 0 aliphatic carbocycles. The van der Waals surface area contributed by atoms with E-state index in [4.69, 9.17) is 0 Å². The summed E-state index contributed by atoms with van der Waals surface area (Å²) in [6.45, 7) is 5.40. The molecule has 0 aromatic heterocycles. The molecule has 0 fully saturated rings. The second kappa shape index (κ2) is 23.1. The average molecular weight is 434 g/mol. The SMILES string of the molecule is CCCC(=O)[O-].CCCC(=O)[O-].CCCC(=O)[O-].[Yb+3]. The van der Waals surface area contributed by atoms with Crippen molar-refractivity contribution in [3.8, 4) is 0 Å². The van der Waals surface area contributed by atoms with Crippen molar-refractivity contribution in [3.63, 3.8) is 0 Å². The summed E-state index contributed by atoms with van der Waals surface area (Å²) in [6, 6.07) is 0. The van der Waals surface area contributed by atoms with E-state index in [9.17, 15) is 29.7 Å². The summed E-state index contributed by atoms with van der Waals surface area (Å²) >= 11 is 0. The van der Waals surface area contributed by atoms with Gasteiger partial charge in [0, 0.05) is 17.9 Å². The summed E-state index contributed by atoms with van der Waals surface area (Å²) in [4.78, 5) is 28.5. The minimum atomic E-state index is -0.961. The molecule has 0 saturated heterocycles. The Hall–Kier alpha value is -0.0705. The summed E-state index contributed by atoms with van der Waals surface area (Å²) in [6.07, 6.45) is 2.55. The number of hydrogen-bond acceptors (Lipinski definition) is 6. The zero-order valence-electron chi connectivity index (χ0n) is 11.5. The molecule has 0 spiro atoms. The number of carbonyl (C=O) groups is 3. The van der Waals surface area contributed by atoms with E-state index in [1.807, 2.05) is 0 Å². The Kier molecular flexibility index (Phi) is 33.1. The second-order valence-electron chi connectivity index (χ2n) is 3.37. The molecule has 119 valence electrons. The van der Waals surface area contributed by atoms with Crippen LogP contribution in [-0.4, -0.2) is 17.9 Å². The van der Waals surface area contributed by atoms with Crippen molar-refractivity contribution in [2.75, 3.05) is 0 Å². The summed E-state index contributed by atoms with van der Waals surface area (Å²) in [5, 5.41) is 28.5. The Bertz CT molecular complexity index is 192. The largest absolute Gasteiger partial charge is 3.00 e. The van der Waals surface area contributed by atoms with Gasteiger partial charge in [0.25, 0.3) is 0 Å². The molecule has 1 radical (unpaired) electrons. The second-order valence-corrected chi connectivity index (χ2v) is 3.37. The Morgan fingerprint density at radius 2 is 0.789 bits per heavy atom. The van der Waals surface area contributed by atoms with Crippen molar-refractivity contribution in [3.05, 3.63) is 0 Å². The van der Waals surface area contributed by atoms with Gasteiger partial charge in [-0.1, -0.05) is 40.0 Å². The van der Waals surface area contributed by atoms with Crippen LogP contribution in [-0.2, 0) is 14.4 Å². The smallest absolute Gasteiger partial charge is 0.550 e.